The Hall–Kier alpha value is -2.86. The minimum Gasteiger partial charge on any atom is -0.465 e. The number of hydrogen-bond donors (Lipinski definition) is 0. The van der Waals surface area contributed by atoms with Crippen LogP contribution in [0.25, 0.3) is 10.9 Å². The third-order valence-electron chi connectivity index (χ3n) is 4.26. The quantitative estimate of drug-likeness (QED) is 0.261. The van der Waals surface area contributed by atoms with Crippen molar-refractivity contribution in [2.45, 2.75) is 25.0 Å². The molecule has 0 unspecified atom stereocenters. The first-order valence-electron chi connectivity index (χ1n) is 8.93. The van der Waals surface area contributed by atoms with Crippen LogP contribution in [0.4, 0.5) is 0 Å². The molecule has 1 aromatic heterocycles. The Morgan fingerprint density at radius 2 is 1.96 bits per heavy atom. The van der Waals surface area contributed by atoms with Gasteiger partial charge in [-0.25, -0.2) is 9.78 Å². The first kappa shape index (κ1) is 19.9. The Balaban J connectivity index is 2.04. The second-order valence-corrected chi connectivity index (χ2v) is 7.50. The summed E-state index contributed by atoms with van der Waals surface area (Å²) in [6.45, 7) is 6.40. The maximum atomic E-state index is 13.1. The lowest BCUT2D eigenvalue weighted by molar-refractivity contribution is 0.0601. The van der Waals surface area contributed by atoms with Crippen molar-refractivity contribution in [2.75, 3.05) is 12.9 Å². The molecule has 0 aliphatic rings. The number of aromatic nitrogens is 2. The van der Waals surface area contributed by atoms with Crippen molar-refractivity contribution in [2.24, 2.45) is 0 Å². The molecule has 0 bridgehead atoms. The van der Waals surface area contributed by atoms with Crippen LogP contribution in [-0.2, 0) is 17.7 Å². The summed E-state index contributed by atoms with van der Waals surface area (Å²) >= 11 is 1.48. The van der Waals surface area contributed by atoms with Gasteiger partial charge in [0.05, 0.1) is 23.6 Å². The van der Waals surface area contributed by atoms with Crippen LogP contribution in [-0.4, -0.2) is 28.4 Å². The van der Waals surface area contributed by atoms with E-state index in [1.54, 1.807) is 22.8 Å². The lowest BCUT2D eigenvalue weighted by Crippen LogP contribution is -2.24. The number of methoxy groups -OCH3 is 1. The predicted octanol–water partition coefficient (Wildman–Crippen LogP) is 4.09. The summed E-state index contributed by atoms with van der Waals surface area (Å²) in [4.78, 5) is 29.6. The number of benzene rings is 2. The molecule has 0 spiro atoms. The average molecular weight is 394 g/mol. The number of hydrogen-bond acceptors (Lipinski definition) is 5. The van der Waals surface area contributed by atoms with Crippen molar-refractivity contribution in [3.05, 3.63) is 82.2 Å². The molecule has 144 valence electrons. The van der Waals surface area contributed by atoms with Crippen LogP contribution in [0.2, 0.25) is 0 Å². The van der Waals surface area contributed by atoms with Crippen LogP contribution in [0.15, 0.2) is 70.6 Å². The molecule has 0 radical (unpaired) electrons. The zero-order valence-corrected chi connectivity index (χ0v) is 16.8. The van der Waals surface area contributed by atoms with Crippen molar-refractivity contribution in [1.29, 1.82) is 0 Å². The van der Waals surface area contributed by atoms with Gasteiger partial charge in [-0.1, -0.05) is 54.2 Å². The molecule has 2 aromatic carbocycles. The first-order chi connectivity index (χ1) is 13.5. The smallest absolute Gasteiger partial charge is 0.337 e. The van der Waals surface area contributed by atoms with Crippen LogP contribution in [0.1, 0.15) is 22.8 Å². The second-order valence-electron chi connectivity index (χ2n) is 6.56. The molecule has 1 heterocycles. The molecule has 6 heteroatoms. The molecular formula is C22H22N2O3S. The van der Waals surface area contributed by atoms with E-state index >= 15 is 0 Å². The van der Waals surface area contributed by atoms with E-state index < -0.39 is 5.97 Å². The van der Waals surface area contributed by atoms with E-state index in [4.69, 9.17) is 4.74 Å². The fraction of sp³-hybridized carbons (Fsp3) is 0.227. The number of aryl methyl sites for hydroxylation is 1. The maximum absolute atomic E-state index is 13.1. The van der Waals surface area contributed by atoms with Gasteiger partial charge < -0.3 is 4.74 Å². The number of fused-ring (bicyclic) bond motifs is 1. The van der Waals surface area contributed by atoms with E-state index in [0.717, 1.165) is 17.6 Å². The summed E-state index contributed by atoms with van der Waals surface area (Å²) in [6.07, 6.45) is 0.731. The molecule has 5 nitrogen and oxygen atoms in total. The van der Waals surface area contributed by atoms with Crippen LogP contribution < -0.4 is 5.56 Å². The van der Waals surface area contributed by atoms with Gasteiger partial charge >= 0.3 is 5.97 Å². The first-order valence-corrected chi connectivity index (χ1v) is 9.92. The lowest BCUT2D eigenvalue weighted by atomic mass is 10.1. The van der Waals surface area contributed by atoms with Crippen LogP contribution in [0.5, 0.6) is 0 Å². The maximum Gasteiger partial charge on any atom is 0.337 e. The van der Waals surface area contributed by atoms with E-state index in [0.29, 0.717) is 33.9 Å². The number of rotatable bonds is 7. The Kier molecular flexibility index (Phi) is 6.31. The molecule has 0 aliphatic heterocycles. The van der Waals surface area contributed by atoms with Gasteiger partial charge in [-0.2, -0.15) is 0 Å². The Labute approximate surface area is 168 Å². The highest BCUT2D eigenvalue weighted by atomic mass is 32.2. The molecule has 0 saturated carbocycles. The van der Waals surface area contributed by atoms with Crippen molar-refractivity contribution in [3.8, 4) is 0 Å². The topological polar surface area (TPSA) is 61.2 Å². The monoisotopic (exact) mass is 394 g/mol. The summed E-state index contributed by atoms with van der Waals surface area (Å²) in [5, 5.41) is 1.11. The zero-order chi connectivity index (χ0) is 20.1. The Morgan fingerprint density at radius 3 is 2.64 bits per heavy atom. The fourth-order valence-corrected chi connectivity index (χ4v) is 3.69. The van der Waals surface area contributed by atoms with Crippen molar-refractivity contribution in [3.63, 3.8) is 0 Å². The molecular weight excluding hydrogens is 372 g/mol. The second kappa shape index (κ2) is 8.89. The van der Waals surface area contributed by atoms with Crippen LogP contribution in [0.3, 0.4) is 0 Å². The molecule has 0 aliphatic carbocycles. The van der Waals surface area contributed by atoms with E-state index in [9.17, 15) is 9.59 Å². The summed E-state index contributed by atoms with van der Waals surface area (Å²) in [5.41, 5.74) is 2.91. The van der Waals surface area contributed by atoms with Gasteiger partial charge in [0, 0.05) is 12.3 Å². The van der Waals surface area contributed by atoms with Gasteiger partial charge in [-0.15, -0.1) is 0 Å². The van der Waals surface area contributed by atoms with Gasteiger partial charge in [0.25, 0.3) is 5.56 Å². The third-order valence-corrected chi connectivity index (χ3v) is 5.46. The molecule has 0 saturated heterocycles. The molecule has 3 aromatic rings. The van der Waals surface area contributed by atoms with Gasteiger partial charge in [0.15, 0.2) is 5.16 Å². The molecule has 0 amide bonds. The van der Waals surface area contributed by atoms with Crippen molar-refractivity contribution >= 4 is 28.6 Å². The third kappa shape index (κ3) is 4.51. The predicted molar refractivity (Wildman–Crippen MR) is 113 cm³/mol. The molecule has 0 fully saturated rings. The van der Waals surface area contributed by atoms with Crippen molar-refractivity contribution in [1.82, 2.24) is 9.55 Å². The van der Waals surface area contributed by atoms with Gasteiger partial charge in [0.1, 0.15) is 0 Å². The van der Waals surface area contributed by atoms with Gasteiger partial charge in [-0.05, 0) is 37.1 Å². The molecule has 0 N–H and O–H groups in total. The van der Waals surface area contributed by atoms with Crippen LogP contribution >= 0.6 is 11.8 Å². The Bertz CT molecular complexity index is 1070. The highest BCUT2D eigenvalue weighted by molar-refractivity contribution is 7.99. The lowest BCUT2D eigenvalue weighted by Gasteiger charge is -2.13. The summed E-state index contributed by atoms with van der Waals surface area (Å²) in [6, 6.07) is 14.9. The number of nitrogens with zero attached hydrogens (tertiary/aromatic N) is 2. The number of ether oxygens (including phenoxy) is 1. The molecule has 3 rings (SSSR count). The van der Waals surface area contributed by atoms with E-state index in [1.165, 1.54) is 18.9 Å². The minimum absolute atomic E-state index is 0.110. The number of carbonyl (C=O) groups is 1. The molecule has 0 atom stereocenters. The SMILES string of the molecule is C=C(C)CSc1nc2cc(C(=O)OC)ccc2c(=O)n1CCc1ccccc1. The van der Waals surface area contributed by atoms with E-state index in [1.807, 2.05) is 37.3 Å². The zero-order valence-electron chi connectivity index (χ0n) is 16.0. The summed E-state index contributed by atoms with van der Waals surface area (Å²) < 4.78 is 6.48. The van der Waals surface area contributed by atoms with Gasteiger partial charge in [0.2, 0.25) is 0 Å². The summed E-state index contributed by atoms with van der Waals surface area (Å²) in [7, 11) is 1.33. The number of esters is 1. The molecule has 28 heavy (non-hydrogen) atoms. The van der Waals surface area contributed by atoms with E-state index in [-0.39, 0.29) is 5.56 Å². The minimum atomic E-state index is -0.451. The highest BCUT2D eigenvalue weighted by Crippen LogP contribution is 2.21. The Morgan fingerprint density at radius 1 is 1.21 bits per heavy atom. The largest absolute Gasteiger partial charge is 0.465 e. The standard InChI is InChI=1S/C22H22N2O3S/c1-15(2)14-28-22-23-19-13-17(21(26)27-3)9-10-18(19)20(25)24(22)12-11-16-7-5-4-6-8-16/h4-10,13H,1,11-12,14H2,2-3H3. The fourth-order valence-electron chi connectivity index (χ4n) is 2.83. The average Bonchev–Trinajstić information content (AvgIpc) is 2.71. The van der Waals surface area contributed by atoms with Gasteiger partial charge in [-0.3, -0.25) is 9.36 Å². The number of thioether (sulfide) groups is 1. The summed E-state index contributed by atoms with van der Waals surface area (Å²) in [5.74, 6) is 0.216. The van der Waals surface area contributed by atoms with E-state index in [2.05, 4.69) is 11.6 Å². The number of carbonyl (C=O) groups excluding carboxylic acids is 1. The normalized spacial score (nSPS) is 10.8. The van der Waals surface area contributed by atoms with Crippen molar-refractivity contribution < 1.29 is 9.53 Å². The van der Waals surface area contributed by atoms with Crippen LogP contribution in [0, 0.1) is 0 Å². The highest BCUT2D eigenvalue weighted by Gasteiger charge is 2.14.